The van der Waals surface area contributed by atoms with Crippen molar-refractivity contribution in [3.63, 3.8) is 0 Å². The van der Waals surface area contributed by atoms with Crippen molar-refractivity contribution in [3.8, 4) is 17.2 Å². The lowest BCUT2D eigenvalue weighted by atomic mass is 10.1. The van der Waals surface area contributed by atoms with Gasteiger partial charge in [0.15, 0.2) is 17.3 Å². The van der Waals surface area contributed by atoms with Crippen LogP contribution in [0, 0.1) is 0 Å². The molecule has 0 aliphatic carbocycles. The second-order valence-corrected chi connectivity index (χ2v) is 5.79. The highest BCUT2D eigenvalue weighted by Crippen LogP contribution is 2.40. The number of esters is 2. The SMILES string of the molecule is CC(=O)Oc1ccc(C(=O)/C=C(\Cl)N2CCOCC2)c(O)c1OC(C)=O. The van der Waals surface area contributed by atoms with Crippen LogP contribution in [0.3, 0.4) is 0 Å². The molecule has 1 saturated heterocycles. The van der Waals surface area contributed by atoms with E-state index in [9.17, 15) is 19.5 Å². The van der Waals surface area contributed by atoms with Crippen molar-refractivity contribution >= 4 is 29.3 Å². The summed E-state index contributed by atoms with van der Waals surface area (Å²) in [6.07, 6.45) is 1.16. The van der Waals surface area contributed by atoms with Gasteiger partial charge in [-0.25, -0.2) is 0 Å². The van der Waals surface area contributed by atoms with Gasteiger partial charge in [-0.3, -0.25) is 14.4 Å². The van der Waals surface area contributed by atoms with E-state index in [-0.39, 0.29) is 16.5 Å². The molecule has 0 aromatic heterocycles. The predicted molar refractivity (Wildman–Crippen MR) is 91.4 cm³/mol. The number of morpholine rings is 1. The monoisotopic (exact) mass is 383 g/mol. The summed E-state index contributed by atoms with van der Waals surface area (Å²) in [5.41, 5.74) is -0.149. The van der Waals surface area contributed by atoms with E-state index in [4.69, 9.17) is 25.8 Å². The van der Waals surface area contributed by atoms with Crippen molar-refractivity contribution < 1.29 is 33.7 Å². The van der Waals surface area contributed by atoms with Crippen molar-refractivity contribution in [2.45, 2.75) is 13.8 Å². The maximum atomic E-state index is 12.5. The molecule has 9 heteroatoms. The number of ketones is 1. The van der Waals surface area contributed by atoms with Crippen LogP contribution in [0.2, 0.25) is 0 Å². The number of carbonyl (C=O) groups excluding carboxylic acids is 3. The van der Waals surface area contributed by atoms with Crippen LogP contribution < -0.4 is 9.47 Å². The number of carbonyl (C=O) groups is 3. The quantitative estimate of drug-likeness (QED) is 0.270. The number of phenols is 1. The van der Waals surface area contributed by atoms with Crippen molar-refractivity contribution in [3.05, 3.63) is 28.9 Å². The summed E-state index contributed by atoms with van der Waals surface area (Å²) >= 11 is 6.16. The van der Waals surface area contributed by atoms with Gasteiger partial charge in [-0.2, -0.15) is 0 Å². The number of halogens is 1. The van der Waals surface area contributed by atoms with Gasteiger partial charge in [0.05, 0.1) is 18.8 Å². The van der Waals surface area contributed by atoms with Gasteiger partial charge in [-0.15, -0.1) is 0 Å². The van der Waals surface area contributed by atoms with Crippen LogP contribution in [0.1, 0.15) is 24.2 Å². The van der Waals surface area contributed by atoms with E-state index in [1.807, 2.05) is 0 Å². The normalized spacial score (nSPS) is 14.7. The van der Waals surface area contributed by atoms with E-state index < -0.39 is 29.2 Å². The smallest absolute Gasteiger partial charge is 0.308 e. The summed E-state index contributed by atoms with van der Waals surface area (Å²) < 4.78 is 15.0. The Bertz CT molecular complexity index is 754. The Morgan fingerprint density at radius 1 is 1.15 bits per heavy atom. The summed E-state index contributed by atoms with van der Waals surface area (Å²) in [5, 5.41) is 10.5. The number of ether oxygens (including phenoxy) is 3. The van der Waals surface area contributed by atoms with Gasteiger partial charge in [0, 0.05) is 33.0 Å². The molecule has 0 unspecified atom stereocenters. The average Bonchev–Trinajstić information content (AvgIpc) is 2.58. The minimum Gasteiger partial charge on any atom is -0.504 e. The van der Waals surface area contributed by atoms with Crippen molar-refractivity contribution in [2.24, 2.45) is 0 Å². The standard InChI is InChI=1S/C17H18ClNO7/c1-10(20)25-14-4-3-12(16(23)17(14)26-11(2)21)13(22)9-15(18)19-5-7-24-8-6-19/h3-4,9,23H,5-8H2,1-2H3/b15-9+. The zero-order valence-corrected chi connectivity index (χ0v) is 15.0. The first-order valence-electron chi connectivity index (χ1n) is 7.76. The van der Waals surface area contributed by atoms with Crippen LogP contribution in [0.5, 0.6) is 17.2 Å². The minimum atomic E-state index is -0.750. The van der Waals surface area contributed by atoms with Gasteiger partial charge in [-0.05, 0) is 12.1 Å². The largest absolute Gasteiger partial charge is 0.504 e. The van der Waals surface area contributed by atoms with Crippen LogP contribution in [-0.4, -0.2) is 54.0 Å². The highest BCUT2D eigenvalue weighted by Gasteiger charge is 2.22. The molecule has 0 saturated carbocycles. The summed E-state index contributed by atoms with van der Waals surface area (Å²) in [4.78, 5) is 36.6. The third kappa shape index (κ3) is 4.96. The topological polar surface area (TPSA) is 102 Å². The molecule has 26 heavy (non-hydrogen) atoms. The second kappa shape index (κ2) is 8.68. The molecule has 1 aliphatic rings. The van der Waals surface area contributed by atoms with E-state index in [0.717, 1.165) is 19.9 Å². The Morgan fingerprint density at radius 3 is 2.35 bits per heavy atom. The van der Waals surface area contributed by atoms with Crippen LogP contribution in [0.4, 0.5) is 0 Å². The van der Waals surface area contributed by atoms with E-state index in [1.54, 1.807) is 4.90 Å². The number of hydrogen-bond acceptors (Lipinski definition) is 8. The highest BCUT2D eigenvalue weighted by molar-refractivity contribution is 6.31. The molecule has 0 radical (unpaired) electrons. The molecule has 140 valence electrons. The molecule has 1 aromatic carbocycles. The number of hydrogen-bond donors (Lipinski definition) is 1. The molecular formula is C17H18ClNO7. The molecule has 1 fully saturated rings. The van der Waals surface area contributed by atoms with Crippen LogP contribution >= 0.6 is 11.6 Å². The van der Waals surface area contributed by atoms with Gasteiger partial charge in [0.2, 0.25) is 5.75 Å². The first kappa shape index (κ1) is 19.7. The van der Waals surface area contributed by atoms with Crippen LogP contribution in [-0.2, 0) is 14.3 Å². The molecule has 8 nitrogen and oxygen atoms in total. The van der Waals surface area contributed by atoms with Gasteiger partial charge in [-0.1, -0.05) is 11.6 Å². The molecule has 1 aliphatic heterocycles. The maximum Gasteiger partial charge on any atom is 0.308 e. The number of aromatic hydroxyl groups is 1. The van der Waals surface area contributed by atoms with Gasteiger partial charge >= 0.3 is 11.9 Å². The number of benzene rings is 1. The summed E-state index contributed by atoms with van der Waals surface area (Å²) in [6, 6.07) is 2.51. The fraction of sp³-hybridized carbons (Fsp3) is 0.353. The third-order valence-electron chi connectivity index (χ3n) is 3.42. The molecule has 2 rings (SSSR count). The molecule has 1 N–H and O–H groups in total. The lowest BCUT2D eigenvalue weighted by molar-refractivity contribution is -0.134. The van der Waals surface area contributed by atoms with Gasteiger partial charge < -0.3 is 24.2 Å². The summed E-state index contributed by atoms with van der Waals surface area (Å²) in [7, 11) is 0. The van der Waals surface area contributed by atoms with Gasteiger partial charge in [0.1, 0.15) is 5.16 Å². The summed E-state index contributed by atoms with van der Waals surface area (Å²) in [6.45, 7) is 4.34. The fourth-order valence-electron chi connectivity index (χ4n) is 2.28. The predicted octanol–water partition coefficient (Wildman–Crippen LogP) is 1.84. The molecule has 0 amide bonds. The van der Waals surface area contributed by atoms with Crippen LogP contribution in [0.25, 0.3) is 0 Å². The third-order valence-corrected chi connectivity index (χ3v) is 3.77. The molecule has 1 aromatic rings. The lowest BCUT2D eigenvalue weighted by Crippen LogP contribution is -2.34. The Hall–Kier alpha value is -2.58. The number of nitrogens with zero attached hydrogens (tertiary/aromatic N) is 1. The Morgan fingerprint density at radius 2 is 1.77 bits per heavy atom. The Kier molecular flexibility index (Phi) is 6.59. The van der Waals surface area contributed by atoms with Crippen molar-refractivity contribution in [1.29, 1.82) is 0 Å². The van der Waals surface area contributed by atoms with Crippen molar-refractivity contribution in [1.82, 2.24) is 4.90 Å². The van der Waals surface area contributed by atoms with Crippen LogP contribution in [0.15, 0.2) is 23.4 Å². The first-order valence-corrected chi connectivity index (χ1v) is 8.14. The zero-order valence-electron chi connectivity index (χ0n) is 14.3. The van der Waals surface area contributed by atoms with E-state index in [0.29, 0.717) is 26.3 Å². The minimum absolute atomic E-state index is 0.149. The second-order valence-electron chi connectivity index (χ2n) is 5.41. The number of allylic oxidation sites excluding steroid dienone is 1. The summed E-state index contributed by atoms with van der Waals surface area (Å²) in [5.74, 6) is -3.22. The fourth-order valence-corrected chi connectivity index (χ4v) is 2.55. The average molecular weight is 384 g/mol. The first-order chi connectivity index (χ1) is 12.3. The molecule has 0 spiro atoms. The van der Waals surface area contributed by atoms with E-state index in [2.05, 4.69) is 0 Å². The number of phenolic OH excluding ortho intramolecular Hbond substituents is 1. The molecule has 0 atom stereocenters. The lowest BCUT2D eigenvalue weighted by Gasteiger charge is -2.27. The zero-order chi connectivity index (χ0) is 19.3. The van der Waals surface area contributed by atoms with E-state index in [1.165, 1.54) is 12.1 Å². The molecular weight excluding hydrogens is 366 g/mol. The molecule has 1 heterocycles. The Balaban J connectivity index is 2.34. The van der Waals surface area contributed by atoms with Crippen molar-refractivity contribution in [2.75, 3.05) is 26.3 Å². The maximum absolute atomic E-state index is 12.5. The number of rotatable bonds is 5. The molecule has 0 bridgehead atoms. The van der Waals surface area contributed by atoms with Gasteiger partial charge in [0.25, 0.3) is 0 Å². The Labute approximate surface area is 154 Å². The van der Waals surface area contributed by atoms with E-state index >= 15 is 0 Å². The highest BCUT2D eigenvalue weighted by atomic mass is 35.5.